The third-order valence-corrected chi connectivity index (χ3v) is 5.01. The number of aromatic amines is 1. The summed E-state index contributed by atoms with van der Waals surface area (Å²) in [7, 11) is -3.63. The molecule has 0 amide bonds. The molecule has 0 radical (unpaired) electrons. The molecular formula is C15H15FN4O5S. The van der Waals surface area contributed by atoms with Gasteiger partial charge in [0.05, 0.1) is 16.2 Å². The zero-order valence-corrected chi connectivity index (χ0v) is 14.5. The number of nitrogens with zero attached hydrogens (tertiary/aromatic N) is 3. The van der Waals surface area contributed by atoms with E-state index in [-0.39, 0.29) is 29.5 Å². The van der Waals surface area contributed by atoms with Gasteiger partial charge in [0.15, 0.2) is 0 Å². The van der Waals surface area contributed by atoms with Crippen LogP contribution in [-0.4, -0.2) is 41.0 Å². The zero-order chi connectivity index (χ0) is 19.1. The van der Waals surface area contributed by atoms with E-state index in [9.17, 15) is 27.7 Å². The average Bonchev–Trinajstić information content (AvgIpc) is 2.56. The molecule has 1 aromatic carbocycles. The molecule has 0 bridgehead atoms. The number of non-ortho nitro benzene ring substituents is 1. The quantitative estimate of drug-likeness (QED) is 0.470. The first-order valence-electron chi connectivity index (χ1n) is 7.62. The fourth-order valence-electron chi connectivity index (χ4n) is 2.81. The van der Waals surface area contributed by atoms with E-state index < -0.39 is 26.1 Å². The van der Waals surface area contributed by atoms with Gasteiger partial charge in [0.1, 0.15) is 5.82 Å². The van der Waals surface area contributed by atoms with Crippen LogP contribution in [0.25, 0.3) is 0 Å². The minimum atomic E-state index is -3.63. The normalized spacial score (nSPS) is 14.8. The van der Waals surface area contributed by atoms with Crippen LogP contribution in [0.4, 0.5) is 10.1 Å². The fraction of sp³-hybridized carbons (Fsp3) is 0.333. The molecule has 2 aromatic rings. The maximum Gasteiger partial charge on any atom is 0.269 e. The Kier molecular flexibility index (Phi) is 4.59. The molecule has 3 rings (SSSR count). The second-order valence-electron chi connectivity index (χ2n) is 6.06. The zero-order valence-electron chi connectivity index (χ0n) is 13.7. The number of nitrogens with one attached hydrogen (secondary N) is 1. The summed E-state index contributed by atoms with van der Waals surface area (Å²) in [6.45, 7) is 0.638. The monoisotopic (exact) mass is 382 g/mol. The van der Waals surface area contributed by atoms with E-state index in [1.54, 1.807) is 4.90 Å². The molecule has 138 valence electrons. The predicted octanol–water partition coefficient (Wildman–Crippen LogP) is 0.779. The van der Waals surface area contributed by atoms with Gasteiger partial charge in [0.2, 0.25) is 15.0 Å². The first kappa shape index (κ1) is 18.1. The molecule has 9 nitrogen and oxygen atoms in total. The maximum absolute atomic E-state index is 14.0. The van der Waals surface area contributed by atoms with Crippen molar-refractivity contribution in [3.05, 3.63) is 61.3 Å². The van der Waals surface area contributed by atoms with Gasteiger partial charge in [-0.15, -0.1) is 0 Å². The van der Waals surface area contributed by atoms with Gasteiger partial charge in [-0.1, -0.05) is 0 Å². The van der Waals surface area contributed by atoms with Gasteiger partial charge >= 0.3 is 0 Å². The van der Waals surface area contributed by atoms with E-state index >= 15 is 0 Å². The van der Waals surface area contributed by atoms with Gasteiger partial charge in [0, 0.05) is 50.0 Å². The number of rotatable bonds is 4. The van der Waals surface area contributed by atoms with Gasteiger partial charge in [-0.2, -0.15) is 0 Å². The van der Waals surface area contributed by atoms with E-state index in [0.717, 1.165) is 18.4 Å². The second kappa shape index (κ2) is 6.57. The molecular weight excluding hydrogens is 367 g/mol. The Morgan fingerprint density at radius 3 is 2.81 bits per heavy atom. The van der Waals surface area contributed by atoms with Crippen molar-refractivity contribution < 1.29 is 17.7 Å². The van der Waals surface area contributed by atoms with Crippen LogP contribution in [0, 0.1) is 15.9 Å². The number of nitro groups is 1. The summed E-state index contributed by atoms with van der Waals surface area (Å²) in [5, 5.41) is 10.5. The Morgan fingerprint density at radius 1 is 1.42 bits per heavy atom. The summed E-state index contributed by atoms with van der Waals surface area (Å²) in [6.07, 6.45) is 1.27. The number of hydrogen-bond donors (Lipinski definition) is 1. The molecule has 1 aromatic heterocycles. The highest BCUT2D eigenvalue weighted by molar-refractivity contribution is 7.90. The number of fused-ring (bicyclic) bond motifs is 1. The van der Waals surface area contributed by atoms with Crippen molar-refractivity contribution in [2.75, 3.05) is 12.8 Å². The molecule has 0 aliphatic carbocycles. The third-order valence-electron chi connectivity index (χ3n) is 4.11. The predicted molar refractivity (Wildman–Crippen MR) is 88.8 cm³/mol. The topological polar surface area (TPSA) is 126 Å². The number of benzene rings is 1. The molecule has 0 spiro atoms. The summed E-state index contributed by atoms with van der Waals surface area (Å²) < 4.78 is 37.1. The highest BCUT2D eigenvalue weighted by Crippen LogP contribution is 2.21. The van der Waals surface area contributed by atoms with Crippen molar-refractivity contribution >= 4 is 15.5 Å². The van der Waals surface area contributed by atoms with Crippen LogP contribution in [0.2, 0.25) is 0 Å². The lowest BCUT2D eigenvalue weighted by molar-refractivity contribution is -0.385. The Hall–Kier alpha value is -2.66. The second-order valence-corrected chi connectivity index (χ2v) is 7.99. The highest BCUT2D eigenvalue weighted by atomic mass is 32.2. The van der Waals surface area contributed by atoms with Crippen LogP contribution in [0.5, 0.6) is 0 Å². The Morgan fingerprint density at radius 2 is 2.15 bits per heavy atom. The van der Waals surface area contributed by atoms with E-state index in [4.69, 9.17) is 0 Å². The Balaban J connectivity index is 1.87. The maximum atomic E-state index is 14.0. The molecule has 1 aliphatic heterocycles. The van der Waals surface area contributed by atoms with E-state index in [2.05, 4.69) is 9.97 Å². The minimum absolute atomic E-state index is 0.0836. The van der Waals surface area contributed by atoms with Gasteiger partial charge in [-0.3, -0.25) is 24.8 Å². The van der Waals surface area contributed by atoms with Crippen molar-refractivity contribution in [3.8, 4) is 0 Å². The Labute approximate surface area is 147 Å². The van der Waals surface area contributed by atoms with Gasteiger partial charge in [0.25, 0.3) is 11.2 Å². The first-order valence-corrected chi connectivity index (χ1v) is 9.51. The summed E-state index contributed by atoms with van der Waals surface area (Å²) in [5.74, 6) is -0.569. The van der Waals surface area contributed by atoms with Crippen molar-refractivity contribution in [2.45, 2.75) is 24.7 Å². The number of nitro benzene ring substituents is 1. The van der Waals surface area contributed by atoms with E-state index in [0.29, 0.717) is 24.2 Å². The summed E-state index contributed by atoms with van der Waals surface area (Å²) in [5.41, 5.74) is 0.0926. The SMILES string of the molecule is CS(=O)(=O)c1nc2c(c(=O)[nH]1)CN(Cc1cc([N+](=O)[O-])ccc1F)CC2. The number of sulfone groups is 1. The lowest BCUT2D eigenvalue weighted by Crippen LogP contribution is -2.36. The molecule has 26 heavy (non-hydrogen) atoms. The standard InChI is InChI=1S/C15H15FN4O5S/c1-26(24,25)15-17-13-4-5-19(8-11(13)14(21)18-15)7-9-6-10(20(22)23)2-3-12(9)16/h2-3,6H,4-5,7-8H2,1H3,(H,17,18,21). The molecule has 1 aliphatic rings. The van der Waals surface area contributed by atoms with Crippen LogP contribution in [0.3, 0.4) is 0 Å². The van der Waals surface area contributed by atoms with Crippen molar-refractivity contribution in [2.24, 2.45) is 0 Å². The summed E-state index contributed by atoms with van der Waals surface area (Å²) >= 11 is 0. The molecule has 2 heterocycles. The fourth-order valence-corrected chi connectivity index (χ4v) is 3.36. The molecule has 0 saturated heterocycles. The summed E-state index contributed by atoms with van der Waals surface area (Å²) in [6, 6.07) is 3.30. The van der Waals surface area contributed by atoms with Crippen molar-refractivity contribution in [3.63, 3.8) is 0 Å². The van der Waals surface area contributed by atoms with Gasteiger partial charge in [-0.05, 0) is 6.07 Å². The lowest BCUT2D eigenvalue weighted by Gasteiger charge is -2.27. The molecule has 0 unspecified atom stereocenters. The summed E-state index contributed by atoms with van der Waals surface area (Å²) in [4.78, 5) is 30.4. The van der Waals surface area contributed by atoms with E-state index in [1.807, 2.05) is 0 Å². The van der Waals surface area contributed by atoms with Crippen LogP contribution >= 0.6 is 0 Å². The molecule has 11 heteroatoms. The minimum Gasteiger partial charge on any atom is -0.297 e. The lowest BCUT2D eigenvalue weighted by atomic mass is 10.1. The van der Waals surface area contributed by atoms with Crippen molar-refractivity contribution in [1.29, 1.82) is 0 Å². The van der Waals surface area contributed by atoms with Gasteiger partial charge in [-0.25, -0.2) is 17.8 Å². The molecule has 0 fully saturated rings. The number of halogens is 1. The number of H-pyrrole nitrogens is 1. The average molecular weight is 382 g/mol. The molecule has 0 atom stereocenters. The molecule has 0 saturated carbocycles. The van der Waals surface area contributed by atoms with Crippen LogP contribution in [0.15, 0.2) is 28.2 Å². The van der Waals surface area contributed by atoms with Crippen LogP contribution in [-0.2, 0) is 29.3 Å². The first-order chi connectivity index (χ1) is 12.1. The number of aromatic nitrogens is 2. The molecule has 1 N–H and O–H groups in total. The highest BCUT2D eigenvalue weighted by Gasteiger charge is 2.24. The van der Waals surface area contributed by atoms with Gasteiger partial charge < -0.3 is 0 Å². The smallest absolute Gasteiger partial charge is 0.269 e. The number of hydrogen-bond acceptors (Lipinski definition) is 7. The largest absolute Gasteiger partial charge is 0.297 e. The van der Waals surface area contributed by atoms with E-state index in [1.165, 1.54) is 6.07 Å². The van der Waals surface area contributed by atoms with Crippen LogP contribution < -0.4 is 5.56 Å². The Bertz CT molecular complexity index is 1050. The van der Waals surface area contributed by atoms with Crippen molar-refractivity contribution in [1.82, 2.24) is 14.9 Å². The third kappa shape index (κ3) is 3.63. The van der Waals surface area contributed by atoms with Crippen LogP contribution in [0.1, 0.15) is 16.8 Å².